The fourth-order valence-electron chi connectivity index (χ4n) is 3.20. The van der Waals surface area contributed by atoms with Crippen LogP contribution in [0.4, 0.5) is 11.4 Å². The van der Waals surface area contributed by atoms with Crippen molar-refractivity contribution in [1.82, 2.24) is 0 Å². The van der Waals surface area contributed by atoms with Crippen LogP contribution in [0, 0.1) is 0 Å². The molecule has 2 aromatic rings. The zero-order chi connectivity index (χ0) is 25.2. The van der Waals surface area contributed by atoms with Crippen molar-refractivity contribution in [2.24, 2.45) is 0 Å². The number of unbranched alkanes of at least 4 members (excludes halogenated alkanes) is 5. The fraction of sp³-hybridized carbons (Fsp3) is 0.364. The van der Waals surface area contributed by atoms with Crippen LogP contribution in [-0.4, -0.2) is 150 Å². The number of hydrogen-bond donors (Lipinski definition) is 6. The summed E-state index contributed by atoms with van der Waals surface area (Å²) >= 11 is 0. The van der Waals surface area contributed by atoms with Crippen LogP contribution in [0.5, 0.6) is 0 Å². The number of benzene rings is 2. The van der Waals surface area contributed by atoms with E-state index in [1.807, 2.05) is 0 Å². The minimum Gasteiger partial charge on any atom is -0.326 e. The van der Waals surface area contributed by atoms with Crippen LogP contribution < -0.4 is 21.2 Å². The third kappa shape index (κ3) is 18.3. The fourth-order valence-corrected chi connectivity index (χ4v) is 4.28. The van der Waals surface area contributed by atoms with Crippen LogP contribution in [0.15, 0.2) is 48.5 Å². The standard InChI is InChI=1S/C22H30N2O8P2.4Na/c25-21(23-17-9-13-19(14-10-17)33(27,28)29)7-5-3-1-2-4-6-8-22(26)24-18-11-15-20(16-12-18)34(30,31)32;;;;/h9-16H,1-8H2,(H,23,25)(H,24,26)(H2,27,28,29)(H2,30,31,32);;;;. The number of carbonyl (C=O) groups is 2. The maximum Gasteiger partial charge on any atom is 0.356 e. The Morgan fingerprint density at radius 2 is 0.789 bits per heavy atom. The van der Waals surface area contributed by atoms with Crippen LogP contribution in [0.3, 0.4) is 0 Å². The van der Waals surface area contributed by atoms with Gasteiger partial charge in [0.05, 0.1) is 10.6 Å². The van der Waals surface area contributed by atoms with Crippen molar-refractivity contribution in [3.63, 3.8) is 0 Å². The van der Waals surface area contributed by atoms with Crippen molar-refractivity contribution in [3.05, 3.63) is 48.5 Å². The Kier molecular flexibility index (Phi) is 25.8. The van der Waals surface area contributed by atoms with Gasteiger partial charge in [-0.15, -0.1) is 0 Å². The first-order valence-electron chi connectivity index (χ1n) is 10.9. The summed E-state index contributed by atoms with van der Waals surface area (Å²) < 4.78 is 22.3. The largest absolute Gasteiger partial charge is 0.356 e. The Labute approximate surface area is 311 Å². The minimum absolute atomic E-state index is 0. The molecule has 0 aromatic heterocycles. The summed E-state index contributed by atoms with van der Waals surface area (Å²) in [6.07, 6.45) is 5.78. The Morgan fingerprint density at radius 3 is 1.05 bits per heavy atom. The first-order valence-corrected chi connectivity index (χ1v) is 14.1. The Hall–Kier alpha value is 1.68. The molecule has 0 saturated carbocycles. The second-order valence-electron chi connectivity index (χ2n) is 7.90. The van der Waals surface area contributed by atoms with Crippen LogP contribution in [0.25, 0.3) is 0 Å². The maximum atomic E-state index is 12.0. The molecule has 0 heterocycles. The van der Waals surface area contributed by atoms with Crippen LogP contribution in [0.2, 0.25) is 0 Å². The molecule has 16 heteroatoms. The Balaban J connectivity index is -0.00000306. The Morgan fingerprint density at radius 1 is 0.526 bits per heavy atom. The van der Waals surface area contributed by atoms with Crippen molar-refractivity contribution in [2.75, 3.05) is 10.6 Å². The quantitative estimate of drug-likeness (QED) is 0.113. The second-order valence-corrected chi connectivity index (χ2v) is 11.1. The van der Waals surface area contributed by atoms with Gasteiger partial charge in [-0.1, -0.05) is 25.7 Å². The van der Waals surface area contributed by atoms with E-state index < -0.39 is 15.2 Å². The molecule has 6 N–H and O–H groups in total. The van der Waals surface area contributed by atoms with E-state index in [0.29, 0.717) is 24.2 Å². The predicted molar refractivity (Wildman–Crippen MR) is 153 cm³/mol. The number of hydrogen-bond acceptors (Lipinski definition) is 4. The third-order valence-corrected chi connectivity index (χ3v) is 6.97. The molecule has 4 radical (unpaired) electrons. The van der Waals surface area contributed by atoms with Gasteiger partial charge < -0.3 is 30.2 Å². The van der Waals surface area contributed by atoms with E-state index in [4.69, 9.17) is 19.6 Å². The van der Waals surface area contributed by atoms with Crippen molar-refractivity contribution in [2.45, 2.75) is 51.4 Å². The third-order valence-electron chi connectivity index (χ3n) is 5.03. The average Bonchev–Trinajstić information content (AvgIpc) is 2.75. The van der Waals surface area contributed by atoms with Gasteiger partial charge in [-0.05, 0) is 61.4 Å². The van der Waals surface area contributed by atoms with Gasteiger partial charge in [-0.2, -0.15) is 0 Å². The Bertz CT molecular complexity index is 979. The summed E-state index contributed by atoms with van der Waals surface area (Å²) in [5.41, 5.74) is 0.969. The summed E-state index contributed by atoms with van der Waals surface area (Å²) in [6.45, 7) is 0. The summed E-state index contributed by atoms with van der Waals surface area (Å²) in [4.78, 5) is 60.3. The number of amides is 2. The zero-order valence-corrected chi connectivity index (χ0v) is 32.4. The van der Waals surface area contributed by atoms with E-state index in [1.165, 1.54) is 48.5 Å². The van der Waals surface area contributed by atoms with Crippen LogP contribution in [-0.2, 0) is 18.7 Å². The smallest absolute Gasteiger partial charge is 0.326 e. The molecular formula is C22H30N2Na4O8P2. The normalized spacial score (nSPS) is 10.5. The molecule has 0 aliphatic rings. The van der Waals surface area contributed by atoms with Gasteiger partial charge >= 0.3 is 15.2 Å². The van der Waals surface area contributed by atoms with Crippen molar-refractivity contribution in [3.8, 4) is 0 Å². The molecule has 0 aliphatic heterocycles. The number of carbonyl (C=O) groups excluding carboxylic acids is 2. The van der Waals surface area contributed by atoms with Gasteiger partial charge in [0.25, 0.3) is 0 Å². The first-order chi connectivity index (χ1) is 15.9. The molecule has 10 nitrogen and oxygen atoms in total. The van der Waals surface area contributed by atoms with Gasteiger partial charge in [0.2, 0.25) is 11.8 Å². The molecule has 0 spiro atoms. The molecule has 190 valence electrons. The topological polar surface area (TPSA) is 173 Å². The molecule has 0 saturated heterocycles. The van der Waals surface area contributed by atoms with Gasteiger partial charge in [-0.25, -0.2) is 0 Å². The molecule has 0 fully saturated rings. The van der Waals surface area contributed by atoms with E-state index in [2.05, 4.69) is 10.6 Å². The van der Waals surface area contributed by atoms with Crippen molar-refractivity contribution in [1.29, 1.82) is 0 Å². The summed E-state index contributed by atoms with van der Waals surface area (Å²) in [5, 5.41) is 5.20. The van der Waals surface area contributed by atoms with E-state index in [-0.39, 0.29) is 141 Å². The van der Waals surface area contributed by atoms with Gasteiger partial charge in [-0.3, -0.25) is 18.7 Å². The molecular weight excluding hydrogens is 574 g/mol. The second kappa shape index (κ2) is 22.3. The summed E-state index contributed by atoms with van der Waals surface area (Å²) in [6, 6.07) is 11.0. The molecule has 2 amide bonds. The van der Waals surface area contributed by atoms with Gasteiger partial charge in [0, 0.05) is 142 Å². The van der Waals surface area contributed by atoms with E-state index in [1.54, 1.807) is 0 Å². The van der Waals surface area contributed by atoms with E-state index in [0.717, 1.165) is 38.5 Å². The van der Waals surface area contributed by atoms with E-state index >= 15 is 0 Å². The predicted octanol–water partition coefficient (Wildman–Crippen LogP) is 1.47. The molecule has 0 unspecified atom stereocenters. The number of anilines is 2. The molecule has 0 aliphatic carbocycles. The number of rotatable bonds is 13. The van der Waals surface area contributed by atoms with Crippen molar-refractivity contribution >= 4 is 167 Å². The number of nitrogens with one attached hydrogen (secondary N) is 2. The molecule has 2 rings (SSSR count). The summed E-state index contributed by atoms with van der Waals surface area (Å²) in [7, 11) is -8.59. The maximum absolute atomic E-state index is 12.0. The molecule has 38 heavy (non-hydrogen) atoms. The monoisotopic (exact) mass is 604 g/mol. The van der Waals surface area contributed by atoms with Gasteiger partial charge in [0.15, 0.2) is 0 Å². The molecule has 0 bridgehead atoms. The average molecular weight is 604 g/mol. The summed E-state index contributed by atoms with van der Waals surface area (Å²) in [5.74, 6) is -0.316. The van der Waals surface area contributed by atoms with Crippen LogP contribution >= 0.6 is 15.2 Å². The minimum atomic E-state index is -4.29. The first kappa shape index (κ1) is 44.1. The van der Waals surface area contributed by atoms with Crippen LogP contribution in [0.1, 0.15) is 51.4 Å². The van der Waals surface area contributed by atoms with E-state index in [9.17, 15) is 18.7 Å². The SMILES string of the molecule is O=C(CCCCCCCCC(=O)Nc1ccc(P(=O)(O)O)cc1)Nc1ccc(P(=O)(O)O)cc1.[Na].[Na].[Na].[Na]. The molecule has 0 atom stereocenters. The molecule has 2 aromatic carbocycles. The van der Waals surface area contributed by atoms with Crippen molar-refractivity contribution < 1.29 is 38.3 Å². The van der Waals surface area contributed by atoms with Gasteiger partial charge in [0.1, 0.15) is 0 Å². The zero-order valence-electron chi connectivity index (χ0n) is 22.6.